The Hall–Kier alpha value is -2.17. The van der Waals surface area contributed by atoms with Crippen LogP contribution in [0.15, 0.2) is 58.3 Å². The van der Waals surface area contributed by atoms with Crippen LogP contribution in [0.4, 0.5) is 0 Å². The van der Waals surface area contributed by atoms with E-state index in [0.717, 1.165) is 16.7 Å². The van der Waals surface area contributed by atoms with Gasteiger partial charge in [-0.3, -0.25) is 0 Å². The molecule has 0 amide bonds. The first kappa shape index (κ1) is 12.6. The lowest BCUT2D eigenvalue weighted by atomic mass is 10.0. The summed E-state index contributed by atoms with van der Waals surface area (Å²) in [5, 5.41) is 3.36. The van der Waals surface area contributed by atoms with E-state index in [2.05, 4.69) is 28.6 Å². The molecule has 0 bridgehead atoms. The van der Waals surface area contributed by atoms with Crippen LogP contribution in [0.3, 0.4) is 0 Å². The van der Waals surface area contributed by atoms with Gasteiger partial charge in [0, 0.05) is 17.2 Å². The first-order valence-electron chi connectivity index (χ1n) is 6.87. The van der Waals surface area contributed by atoms with E-state index in [1.54, 1.807) is 11.3 Å². The van der Waals surface area contributed by atoms with Crippen LogP contribution >= 0.6 is 11.3 Å². The smallest absolute Gasteiger partial charge is 0.197 e. The summed E-state index contributed by atoms with van der Waals surface area (Å²) in [5.74, 6) is 0.694. The van der Waals surface area contributed by atoms with Gasteiger partial charge in [0.2, 0.25) is 0 Å². The third kappa shape index (κ3) is 2.22. The topological polar surface area (TPSA) is 52.0 Å². The lowest BCUT2D eigenvalue weighted by Gasteiger charge is -2.08. The van der Waals surface area contributed by atoms with Gasteiger partial charge in [-0.25, -0.2) is 4.98 Å². The molecule has 2 aromatic heterocycles. The lowest BCUT2D eigenvalue weighted by Crippen LogP contribution is -2.12. The van der Waals surface area contributed by atoms with Crippen molar-refractivity contribution in [1.82, 2.24) is 4.98 Å². The van der Waals surface area contributed by atoms with E-state index < -0.39 is 0 Å². The molecule has 1 unspecified atom stereocenters. The molecule has 21 heavy (non-hydrogen) atoms. The Morgan fingerprint density at radius 2 is 1.90 bits per heavy atom. The van der Waals surface area contributed by atoms with E-state index in [-0.39, 0.29) is 6.04 Å². The third-order valence-corrected chi connectivity index (χ3v) is 4.62. The van der Waals surface area contributed by atoms with Gasteiger partial charge in [-0.15, -0.1) is 11.3 Å². The highest BCUT2D eigenvalue weighted by Crippen LogP contribution is 2.31. The number of rotatable bonds is 3. The van der Waals surface area contributed by atoms with Gasteiger partial charge in [0.25, 0.3) is 0 Å². The molecule has 0 aliphatic heterocycles. The molecule has 4 heteroatoms. The molecule has 0 saturated heterocycles. The normalized spacial score (nSPS) is 13.0. The predicted molar refractivity (Wildman–Crippen MR) is 86.5 cm³/mol. The van der Waals surface area contributed by atoms with Crippen molar-refractivity contribution in [2.24, 2.45) is 5.73 Å². The molecule has 0 spiro atoms. The van der Waals surface area contributed by atoms with Crippen molar-refractivity contribution >= 4 is 32.5 Å². The second-order valence-corrected chi connectivity index (χ2v) is 5.98. The van der Waals surface area contributed by atoms with Crippen LogP contribution in [0.2, 0.25) is 0 Å². The summed E-state index contributed by atoms with van der Waals surface area (Å²) < 4.78 is 7.03. The molecule has 2 aromatic carbocycles. The summed E-state index contributed by atoms with van der Waals surface area (Å²) in [4.78, 5) is 4.50. The SMILES string of the molecule is NC(Cc1nc2ccccc2o1)c1csc2ccccc12. The van der Waals surface area contributed by atoms with Gasteiger partial charge in [0.15, 0.2) is 11.5 Å². The fourth-order valence-corrected chi connectivity index (χ4v) is 3.62. The fourth-order valence-electron chi connectivity index (χ4n) is 2.59. The summed E-state index contributed by atoms with van der Waals surface area (Å²) in [6.45, 7) is 0. The van der Waals surface area contributed by atoms with Gasteiger partial charge in [0.1, 0.15) is 5.52 Å². The van der Waals surface area contributed by atoms with E-state index >= 15 is 0 Å². The minimum absolute atomic E-state index is 0.103. The minimum atomic E-state index is -0.103. The zero-order chi connectivity index (χ0) is 14.2. The van der Waals surface area contributed by atoms with Crippen LogP contribution < -0.4 is 5.73 Å². The van der Waals surface area contributed by atoms with Crippen molar-refractivity contribution in [3.05, 3.63) is 65.4 Å². The number of para-hydroxylation sites is 2. The van der Waals surface area contributed by atoms with E-state index in [4.69, 9.17) is 10.2 Å². The molecule has 4 aromatic rings. The maximum atomic E-state index is 6.37. The lowest BCUT2D eigenvalue weighted by molar-refractivity contribution is 0.503. The van der Waals surface area contributed by atoms with Gasteiger partial charge in [-0.1, -0.05) is 30.3 Å². The van der Waals surface area contributed by atoms with Gasteiger partial charge in [-0.05, 0) is 34.5 Å². The maximum absolute atomic E-state index is 6.37. The van der Waals surface area contributed by atoms with Gasteiger partial charge >= 0.3 is 0 Å². The zero-order valence-electron chi connectivity index (χ0n) is 11.3. The molecule has 2 heterocycles. The Balaban J connectivity index is 1.67. The van der Waals surface area contributed by atoms with Crippen molar-refractivity contribution in [1.29, 1.82) is 0 Å². The maximum Gasteiger partial charge on any atom is 0.197 e. The molecule has 0 aliphatic carbocycles. The summed E-state index contributed by atoms with van der Waals surface area (Å²) in [5.41, 5.74) is 9.23. The average molecular weight is 294 g/mol. The van der Waals surface area contributed by atoms with Crippen molar-refractivity contribution < 1.29 is 4.42 Å². The number of oxazole rings is 1. The molecule has 2 N–H and O–H groups in total. The number of hydrogen-bond acceptors (Lipinski definition) is 4. The molecule has 0 saturated carbocycles. The largest absolute Gasteiger partial charge is 0.441 e. The van der Waals surface area contributed by atoms with Crippen molar-refractivity contribution in [2.75, 3.05) is 0 Å². The molecule has 0 fully saturated rings. The van der Waals surface area contributed by atoms with Gasteiger partial charge in [0.05, 0.1) is 0 Å². The van der Waals surface area contributed by atoms with Crippen LogP contribution in [0.25, 0.3) is 21.2 Å². The standard InChI is InChI=1S/C17H14N2OS/c18-13(12-10-21-16-8-4-1-5-11(12)16)9-17-19-14-6-2-3-7-15(14)20-17/h1-8,10,13H,9,18H2. The highest BCUT2D eigenvalue weighted by molar-refractivity contribution is 7.17. The molecule has 4 rings (SSSR count). The van der Waals surface area contributed by atoms with Crippen molar-refractivity contribution in [3.8, 4) is 0 Å². The van der Waals surface area contributed by atoms with Gasteiger partial charge in [-0.2, -0.15) is 0 Å². The average Bonchev–Trinajstić information content (AvgIpc) is 3.10. The Bertz CT molecular complexity index is 876. The summed E-state index contributed by atoms with van der Waals surface area (Å²) in [7, 11) is 0. The van der Waals surface area contributed by atoms with E-state index in [1.165, 1.54) is 10.1 Å². The van der Waals surface area contributed by atoms with E-state index in [1.807, 2.05) is 30.3 Å². The quantitative estimate of drug-likeness (QED) is 0.613. The number of fused-ring (bicyclic) bond motifs is 2. The Labute approximate surface area is 126 Å². The van der Waals surface area contributed by atoms with E-state index in [9.17, 15) is 0 Å². The Kier molecular flexibility index (Phi) is 2.98. The van der Waals surface area contributed by atoms with Crippen LogP contribution in [-0.4, -0.2) is 4.98 Å². The molecule has 0 aliphatic rings. The summed E-state index contributed by atoms with van der Waals surface area (Å²) in [6.07, 6.45) is 0.607. The Morgan fingerprint density at radius 1 is 1.10 bits per heavy atom. The third-order valence-electron chi connectivity index (χ3n) is 3.64. The number of benzene rings is 2. The Morgan fingerprint density at radius 3 is 2.81 bits per heavy atom. The van der Waals surface area contributed by atoms with Crippen LogP contribution in [-0.2, 0) is 6.42 Å². The molecule has 0 radical (unpaired) electrons. The first-order chi connectivity index (χ1) is 10.3. The monoisotopic (exact) mass is 294 g/mol. The number of nitrogens with zero attached hydrogens (tertiary/aromatic N) is 1. The highest BCUT2D eigenvalue weighted by Gasteiger charge is 2.15. The van der Waals surface area contributed by atoms with Crippen molar-refractivity contribution in [3.63, 3.8) is 0 Å². The van der Waals surface area contributed by atoms with Crippen LogP contribution in [0.5, 0.6) is 0 Å². The summed E-state index contributed by atoms with van der Waals surface area (Å²) in [6, 6.07) is 16.0. The number of aromatic nitrogens is 1. The van der Waals surface area contributed by atoms with Crippen molar-refractivity contribution in [2.45, 2.75) is 12.5 Å². The van der Waals surface area contributed by atoms with Gasteiger partial charge < -0.3 is 10.2 Å². The molecular weight excluding hydrogens is 280 g/mol. The predicted octanol–water partition coefficient (Wildman–Crippen LogP) is 4.29. The summed E-state index contributed by atoms with van der Waals surface area (Å²) >= 11 is 1.73. The zero-order valence-corrected chi connectivity index (χ0v) is 12.1. The second kappa shape index (κ2) is 4.98. The fraction of sp³-hybridized carbons (Fsp3) is 0.118. The molecule has 1 atom stereocenters. The first-order valence-corrected chi connectivity index (χ1v) is 7.75. The number of hydrogen-bond donors (Lipinski definition) is 1. The number of thiophene rings is 1. The molecule has 3 nitrogen and oxygen atoms in total. The van der Waals surface area contributed by atoms with Crippen LogP contribution in [0.1, 0.15) is 17.5 Å². The van der Waals surface area contributed by atoms with Crippen LogP contribution in [0, 0.1) is 0 Å². The molecule has 104 valence electrons. The second-order valence-electron chi connectivity index (χ2n) is 5.07. The van der Waals surface area contributed by atoms with E-state index in [0.29, 0.717) is 12.3 Å². The highest BCUT2D eigenvalue weighted by atomic mass is 32.1. The number of nitrogens with two attached hydrogens (primary N) is 1. The molecular formula is C17H14N2OS. The minimum Gasteiger partial charge on any atom is -0.441 e.